The van der Waals surface area contributed by atoms with Crippen molar-refractivity contribution in [2.24, 2.45) is 5.92 Å². The van der Waals surface area contributed by atoms with Gasteiger partial charge in [-0.15, -0.1) is 0 Å². The molecule has 1 unspecified atom stereocenters. The van der Waals surface area contributed by atoms with Crippen molar-refractivity contribution in [1.29, 1.82) is 0 Å². The Balaban J connectivity index is 1.75. The molecule has 2 saturated carbocycles. The molecular formula is C13H26N2. The zero-order valence-corrected chi connectivity index (χ0v) is 10.3. The largest absolute Gasteiger partial charge is 0.312 e. The van der Waals surface area contributed by atoms with Crippen molar-refractivity contribution in [2.75, 3.05) is 19.6 Å². The van der Waals surface area contributed by atoms with Crippen LogP contribution in [0, 0.1) is 5.92 Å². The predicted molar refractivity (Wildman–Crippen MR) is 65.1 cm³/mol. The average molecular weight is 210 g/mol. The highest BCUT2D eigenvalue weighted by molar-refractivity contribution is 4.92. The molecule has 88 valence electrons. The molecule has 2 rings (SSSR count). The summed E-state index contributed by atoms with van der Waals surface area (Å²) < 4.78 is 0. The van der Waals surface area contributed by atoms with E-state index in [-0.39, 0.29) is 0 Å². The molecule has 0 heterocycles. The van der Waals surface area contributed by atoms with Gasteiger partial charge in [-0.1, -0.05) is 13.8 Å². The lowest BCUT2D eigenvalue weighted by atomic mass is 10.1. The van der Waals surface area contributed by atoms with E-state index >= 15 is 0 Å². The van der Waals surface area contributed by atoms with E-state index in [2.05, 4.69) is 24.1 Å². The van der Waals surface area contributed by atoms with Crippen molar-refractivity contribution in [3.63, 3.8) is 0 Å². The van der Waals surface area contributed by atoms with E-state index in [0.29, 0.717) is 0 Å². The summed E-state index contributed by atoms with van der Waals surface area (Å²) in [4.78, 5) is 2.69. The van der Waals surface area contributed by atoms with Gasteiger partial charge in [-0.25, -0.2) is 0 Å². The highest BCUT2D eigenvalue weighted by Gasteiger charge is 2.35. The minimum Gasteiger partial charge on any atom is -0.312 e. The highest BCUT2D eigenvalue weighted by atomic mass is 15.2. The topological polar surface area (TPSA) is 15.3 Å². The van der Waals surface area contributed by atoms with Gasteiger partial charge < -0.3 is 5.32 Å². The van der Waals surface area contributed by atoms with Crippen LogP contribution in [0.5, 0.6) is 0 Å². The fourth-order valence-corrected chi connectivity index (χ4v) is 2.44. The van der Waals surface area contributed by atoms with Crippen molar-refractivity contribution in [1.82, 2.24) is 10.2 Å². The maximum atomic E-state index is 3.74. The Morgan fingerprint density at radius 3 is 2.40 bits per heavy atom. The van der Waals surface area contributed by atoms with Crippen molar-refractivity contribution in [3.8, 4) is 0 Å². The molecule has 0 aliphatic heterocycles. The summed E-state index contributed by atoms with van der Waals surface area (Å²) in [5.74, 6) is 0.990. The Bertz CT molecular complexity index is 185. The van der Waals surface area contributed by atoms with Crippen LogP contribution < -0.4 is 5.32 Å². The van der Waals surface area contributed by atoms with Gasteiger partial charge in [0.15, 0.2) is 0 Å². The second-order valence-corrected chi connectivity index (χ2v) is 5.22. The van der Waals surface area contributed by atoms with Gasteiger partial charge >= 0.3 is 0 Å². The van der Waals surface area contributed by atoms with E-state index in [4.69, 9.17) is 0 Å². The van der Waals surface area contributed by atoms with E-state index < -0.39 is 0 Å². The van der Waals surface area contributed by atoms with Crippen molar-refractivity contribution in [3.05, 3.63) is 0 Å². The maximum absolute atomic E-state index is 3.74. The molecule has 1 atom stereocenters. The van der Waals surface area contributed by atoms with Crippen LogP contribution in [0.25, 0.3) is 0 Å². The van der Waals surface area contributed by atoms with Gasteiger partial charge in [0.25, 0.3) is 0 Å². The Morgan fingerprint density at radius 1 is 1.20 bits per heavy atom. The minimum absolute atomic E-state index is 0.783. The number of nitrogens with one attached hydrogen (secondary N) is 1. The third-order valence-electron chi connectivity index (χ3n) is 3.75. The van der Waals surface area contributed by atoms with Crippen LogP contribution in [0.3, 0.4) is 0 Å². The van der Waals surface area contributed by atoms with Crippen molar-refractivity contribution < 1.29 is 0 Å². The first kappa shape index (κ1) is 11.4. The molecule has 0 saturated heterocycles. The molecule has 0 aromatic heterocycles. The van der Waals surface area contributed by atoms with Gasteiger partial charge in [-0.3, -0.25) is 4.90 Å². The summed E-state index contributed by atoms with van der Waals surface area (Å²) in [5, 5.41) is 3.74. The van der Waals surface area contributed by atoms with Gasteiger partial charge in [0.2, 0.25) is 0 Å². The zero-order chi connectivity index (χ0) is 10.7. The fraction of sp³-hybridized carbons (Fsp3) is 1.00. The maximum Gasteiger partial charge on any atom is 0.0223 e. The van der Waals surface area contributed by atoms with Gasteiger partial charge in [0.1, 0.15) is 0 Å². The van der Waals surface area contributed by atoms with Crippen LogP contribution >= 0.6 is 0 Å². The molecule has 2 fully saturated rings. The first-order valence-electron chi connectivity index (χ1n) is 6.82. The summed E-state index contributed by atoms with van der Waals surface area (Å²) in [6, 6.07) is 1.71. The van der Waals surface area contributed by atoms with E-state index in [1.807, 2.05) is 0 Å². The average Bonchev–Trinajstić information content (AvgIpc) is 3.08. The second kappa shape index (κ2) is 5.31. The van der Waals surface area contributed by atoms with Crippen LogP contribution in [0.2, 0.25) is 0 Å². The predicted octanol–water partition coefficient (Wildman–Crippen LogP) is 2.25. The van der Waals surface area contributed by atoms with Gasteiger partial charge in [-0.05, 0) is 51.1 Å². The fourth-order valence-electron chi connectivity index (χ4n) is 2.44. The second-order valence-electron chi connectivity index (χ2n) is 5.22. The lowest BCUT2D eigenvalue weighted by molar-refractivity contribution is 0.232. The van der Waals surface area contributed by atoms with E-state index in [0.717, 1.165) is 18.0 Å². The molecule has 0 aromatic carbocycles. The lowest BCUT2D eigenvalue weighted by Crippen LogP contribution is -2.43. The smallest absolute Gasteiger partial charge is 0.0223 e. The van der Waals surface area contributed by atoms with E-state index in [1.54, 1.807) is 0 Å². The lowest BCUT2D eigenvalue weighted by Gasteiger charge is -2.27. The normalized spacial score (nSPS) is 23.4. The van der Waals surface area contributed by atoms with Gasteiger partial charge in [-0.2, -0.15) is 0 Å². The molecule has 2 nitrogen and oxygen atoms in total. The molecule has 15 heavy (non-hydrogen) atoms. The molecule has 0 spiro atoms. The van der Waals surface area contributed by atoms with Gasteiger partial charge in [0, 0.05) is 18.6 Å². The molecule has 1 N–H and O–H groups in total. The third kappa shape index (κ3) is 3.46. The number of hydrogen-bond acceptors (Lipinski definition) is 2. The molecule has 2 aliphatic rings. The number of nitrogens with zero attached hydrogens (tertiary/aromatic N) is 1. The Kier molecular flexibility index (Phi) is 4.04. The van der Waals surface area contributed by atoms with Gasteiger partial charge in [0.05, 0.1) is 0 Å². The molecule has 2 aliphatic carbocycles. The number of rotatable bonds is 8. The molecule has 0 radical (unpaired) electrons. The van der Waals surface area contributed by atoms with Crippen molar-refractivity contribution in [2.45, 2.75) is 58.0 Å². The highest BCUT2D eigenvalue weighted by Crippen LogP contribution is 2.34. The SMILES string of the molecule is CCCNC(CN(CC)C1CC1)C1CC1. The standard InChI is InChI=1S/C13H26N2/c1-3-9-14-13(11-5-6-11)10-15(4-2)12-7-8-12/h11-14H,3-10H2,1-2H3. The molecular weight excluding hydrogens is 184 g/mol. The van der Waals surface area contributed by atoms with E-state index in [9.17, 15) is 0 Å². The van der Waals surface area contributed by atoms with Crippen LogP contribution in [-0.2, 0) is 0 Å². The summed E-state index contributed by atoms with van der Waals surface area (Å²) >= 11 is 0. The first-order valence-corrected chi connectivity index (χ1v) is 6.82. The Morgan fingerprint density at radius 2 is 1.93 bits per heavy atom. The molecule has 0 amide bonds. The Labute approximate surface area is 94.4 Å². The number of likely N-dealkylation sites (N-methyl/N-ethyl adjacent to an activating group) is 1. The van der Waals surface area contributed by atoms with Crippen LogP contribution in [-0.4, -0.2) is 36.6 Å². The zero-order valence-electron chi connectivity index (χ0n) is 10.3. The third-order valence-corrected chi connectivity index (χ3v) is 3.75. The molecule has 0 bridgehead atoms. The van der Waals surface area contributed by atoms with Crippen LogP contribution in [0.4, 0.5) is 0 Å². The summed E-state index contributed by atoms with van der Waals surface area (Å²) in [6.45, 7) is 8.30. The van der Waals surface area contributed by atoms with Crippen LogP contribution in [0.1, 0.15) is 46.0 Å². The molecule has 2 heteroatoms. The van der Waals surface area contributed by atoms with E-state index in [1.165, 1.54) is 51.7 Å². The van der Waals surface area contributed by atoms with Crippen LogP contribution in [0.15, 0.2) is 0 Å². The molecule has 0 aromatic rings. The summed E-state index contributed by atoms with van der Waals surface area (Å²) in [6.07, 6.45) is 7.07. The number of hydrogen-bond donors (Lipinski definition) is 1. The first-order chi connectivity index (χ1) is 7.35. The van der Waals surface area contributed by atoms with Crippen molar-refractivity contribution >= 4 is 0 Å². The summed E-state index contributed by atoms with van der Waals surface area (Å²) in [7, 11) is 0. The Hall–Kier alpha value is -0.0800. The monoisotopic (exact) mass is 210 g/mol. The minimum atomic E-state index is 0.783. The quantitative estimate of drug-likeness (QED) is 0.661. The summed E-state index contributed by atoms with van der Waals surface area (Å²) in [5.41, 5.74) is 0.